The van der Waals surface area contributed by atoms with Gasteiger partial charge >= 0.3 is 12.1 Å². The van der Waals surface area contributed by atoms with E-state index in [1.165, 1.54) is 4.90 Å². The van der Waals surface area contributed by atoms with Crippen LogP contribution in [0.4, 0.5) is 4.79 Å². The van der Waals surface area contributed by atoms with Crippen molar-refractivity contribution >= 4 is 18.0 Å². The lowest BCUT2D eigenvalue weighted by molar-refractivity contribution is -0.145. The van der Waals surface area contributed by atoms with Crippen molar-refractivity contribution in [2.45, 2.75) is 57.7 Å². The minimum atomic E-state index is -0.850. The van der Waals surface area contributed by atoms with Crippen LogP contribution in [0.25, 0.3) is 0 Å². The summed E-state index contributed by atoms with van der Waals surface area (Å²) in [5.41, 5.74) is -0.626. The molecule has 1 saturated heterocycles. The Morgan fingerprint density at radius 1 is 1.33 bits per heavy atom. The van der Waals surface area contributed by atoms with Crippen molar-refractivity contribution in [1.82, 2.24) is 10.2 Å². The van der Waals surface area contributed by atoms with Crippen LogP contribution in [-0.2, 0) is 14.3 Å². The molecular weight excluding hydrogens is 276 g/mol. The maximum Gasteiger partial charge on any atom is 0.411 e. The zero-order valence-electron chi connectivity index (χ0n) is 12.6. The molecule has 21 heavy (non-hydrogen) atoms. The molecule has 118 valence electrons. The highest BCUT2D eigenvalue weighted by Crippen LogP contribution is 2.31. The summed E-state index contributed by atoms with van der Waals surface area (Å²) in [6.45, 7) is 5.28. The van der Waals surface area contributed by atoms with Crippen molar-refractivity contribution in [3.63, 3.8) is 0 Å². The molecule has 7 heteroatoms. The highest BCUT2D eigenvalue weighted by Gasteiger charge is 2.44. The molecule has 1 heterocycles. The normalized spacial score (nSPS) is 29.4. The van der Waals surface area contributed by atoms with Crippen molar-refractivity contribution < 1.29 is 24.2 Å². The Bertz CT molecular complexity index is 457. The number of carbonyl (C=O) groups excluding carboxylic acids is 2. The summed E-state index contributed by atoms with van der Waals surface area (Å²) >= 11 is 0. The second-order valence-electron chi connectivity index (χ2n) is 6.70. The highest BCUT2D eigenvalue weighted by molar-refractivity contribution is 5.84. The van der Waals surface area contributed by atoms with Gasteiger partial charge in [0.15, 0.2) is 0 Å². The maximum absolute atomic E-state index is 12.2. The number of rotatable bonds is 1. The molecule has 2 N–H and O–H groups in total. The van der Waals surface area contributed by atoms with Crippen LogP contribution in [0.5, 0.6) is 0 Å². The van der Waals surface area contributed by atoms with Gasteiger partial charge in [0.1, 0.15) is 12.1 Å². The zero-order valence-corrected chi connectivity index (χ0v) is 12.6. The Hall–Kier alpha value is -1.79. The van der Waals surface area contributed by atoms with Gasteiger partial charge in [-0.1, -0.05) is 0 Å². The van der Waals surface area contributed by atoms with E-state index in [1.54, 1.807) is 20.8 Å². The van der Waals surface area contributed by atoms with Gasteiger partial charge in [-0.3, -0.25) is 14.5 Å². The van der Waals surface area contributed by atoms with Crippen LogP contribution < -0.4 is 5.32 Å². The SMILES string of the molecule is CC(C)(C)OC(=O)N1CC(=O)N[C@@H]2C[C@H](C(=O)O)CC[C@H]21. The van der Waals surface area contributed by atoms with E-state index in [0.29, 0.717) is 19.3 Å². The fourth-order valence-corrected chi connectivity index (χ4v) is 2.95. The minimum Gasteiger partial charge on any atom is -0.481 e. The molecule has 2 amide bonds. The molecule has 0 bridgehead atoms. The Morgan fingerprint density at radius 2 is 2.00 bits per heavy atom. The molecule has 1 aliphatic carbocycles. The molecule has 2 fully saturated rings. The van der Waals surface area contributed by atoms with E-state index < -0.39 is 23.6 Å². The van der Waals surface area contributed by atoms with Crippen LogP contribution in [-0.4, -0.2) is 52.2 Å². The summed E-state index contributed by atoms with van der Waals surface area (Å²) in [6.07, 6.45) is 0.902. The molecule has 0 spiro atoms. The average Bonchev–Trinajstić information content (AvgIpc) is 2.34. The Balaban J connectivity index is 2.11. The van der Waals surface area contributed by atoms with Gasteiger partial charge in [-0.25, -0.2) is 4.79 Å². The van der Waals surface area contributed by atoms with Crippen LogP contribution in [0.3, 0.4) is 0 Å². The lowest BCUT2D eigenvalue weighted by atomic mass is 9.80. The number of ether oxygens (including phenoxy) is 1. The van der Waals surface area contributed by atoms with Crippen LogP contribution in [0.2, 0.25) is 0 Å². The molecular formula is C14H22N2O5. The zero-order chi connectivity index (χ0) is 15.8. The first-order valence-corrected chi connectivity index (χ1v) is 7.19. The number of fused-ring (bicyclic) bond motifs is 1. The van der Waals surface area contributed by atoms with E-state index in [0.717, 1.165) is 0 Å². The summed E-state index contributed by atoms with van der Waals surface area (Å²) in [5, 5.41) is 11.9. The number of aliphatic carboxylic acids is 1. The molecule has 0 radical (unpaired) electrons. The largest absolute Gasteiger partial charge is 0.481 e. The molecule has 1 aliphatic heterocycles. The first kappa shape index (κ1) is 15.6. The number of piperazine rings is 1. The van der Waals surface area contributed by atoms with E-state index in [9.17, 15) is 14.4 Å². The number of carboxylic acids is 1. The molecule has 2 aliphatic rings. The summed E-state index contributed by atoms with van der Waals surface area (Å²) in [6, 6.07) is -0.498. The Kier molecular flexibility index (Phi) is 4.11. The van der Waals surface area contributed by atoms with Crippen LogP contribution in [0.1, 0.15) is 40.0 Å². The van der Waals surface area contributed by atoms with Gasteiger partial charge in [0.05, 0.1) is 18.0 Å². The van der Waals surface area contributed by atoms with E-state index in [2.05, 4.69) is 5.32 Å². The summed E-state index contributed by atoms with van der Waals surface area (Å²) in [4.78, 5) is 36.5. The van der Waals surface area contributed by atoms with Gasteiger partial charge < -0.3 is 15.2 Å². The first-order valence-electron chi connectivity index (χ1n) is 7.19. The smallest absolute Gasteiger partial charge is 0.411 e. The second-order valence-corrected chi connectivity index (χ2v) is 6.70. The van der Waals surface area contributed by atoms with Crippen molar-refractivity contribution in [3.8, 4) is 0 Å². The molecule has 0 unspecified atom stereocenters. The molecule has 0 aromatic rings. The topological polar surface area (TPSA) is 95.9 Å². The Labute approximate surface area is 123 Å². The van der Waals surface area contributed by atoms with Crippen molar-refractivity contribution in [2.24, 2.45) is 5.92 Å². The number of amides is 2. The summed E-state index contributed by atoms with van der Waals surface area (Å²) in [7, 11) is 0. The van der Waals surface area contributed by atoms with Gasteiger partial charge in [-0.05, 0) is 40.0 Å². The molecule has 2 rings (SSSR count). The minimum absolute atomic E-state index is 0.0339. The quantitative estimate of drug-likeness (QED) is 0.752. The lowest BCUT2D eigenvalue weighted by Gasteiger charge is -2.45. The monoisotopic (exact) mass is 298 g/mol. The van der Waals surface area contributed by atoms with Gasteiger partial charge in [0, 0.05) is 0 Å². The number of nitrogens with one attached hydrogen (secondary N) is 1. The predicted molar refractivity (Wildman–Crippen MR) is 73.6 cm³/mol. The number of carboxylic acid groups (broad SMARTS) is 1. The third-order valence-electron chi connectivity index (χ3n) is 3.85. The highest BCUT2D eigenvalue weighted by atomic mass is 16.6. The van der Waals surface area contributed by atoms with Gasteiger partial charge in [-0.15, -0.1) is 0 Å². The fourth-order valence-electron chi connectivity index (χ4n) is 2.95. The van der Waals surface area contributed by atoms with E-state index >= 15 is 0 Å². The van der Waals surface area contributed by atoms with Crippen molar-refractivity contribution in [1.29, 1.82) is 0 Å². The number of nitrogens with zero attached hydrogens (tertiary/aromatic N) is 1. The molecule has 7 nitrogen and oxygen atoms in total. The molecule has 1 saturated carbocycles. The van der Waals surface area contributed by atoms with E-state index in [-0.39, 0.29) is 24.5 Å². The first-order chi connectivity index (χ1) is 9.67. The van der Waals surface area contributed by atoms with Crippen LogP contribution in [0.15, 0.2) is 0 Å². The van der Waals surface area contributed by atoms with E-state index in [4.69, 9.17) is 9.84 Å². The van der Waals surface area contributed by atoms with Gasteiger partial charge in [0.25, 0.3) is 0 Å². The second kappa shape index (κ2) is 5.54. The van der Waals surface area contributed by atoms with E-state index in [1.807, 2.05) is 0 Å². The van der Waals surface area contributed by atoms with Gasteiger partial charge in [-0.2, -0.15) is 0 Å². The number of hydrogen-bond acceptors (Lipinski definition) is 4. The van der Waals surface area contributed by atoms with Crippen molar-refractivity contribution in [2.75, 3.05) is 6.54 Å². The van der Waals surface area contributed by atoms with Gasteiger partial charge in [0.2, 0.25) is 5.91 Å². The molecule has 3 atom stereocenters. The van der Waals surface area contributed by atoms with Crippen LogP contribution >= 0.6 is 0 Å². The standard InChI is InChI=1S/C14H22N2O5/c1-14(2,3)21-13(20)16-7-11(17)15-9-6-8(12(18)19)4-5-10(9)16/h8-10H,4-7H2,1-3H3,(H,15,17)(H,18,19)/t8-,9-,10-/m1/s1. The third kappa shape index (κ3) is 3.65. The fraction of sp³-hybridized carbons (Fsp3) is 0.786. The Morgan fingerprint density at radius 3 is 2.57 bits per heavy atom. The van der Waals surface area contributed by atoms with Crippen molar-refractivity contribution in [3.05, 3.63) is 0 Å². The average molecular weight is 298 g/mol. The lowest BCUT2D eigenvalue weighted by Crippen LogP contribution is -2.64. The third-order valence-corrected chi connectivity index (χ3v) is 3.85. The number of carbonyl (C=O) groups is 3. The maximum atomic E-state index is 12.2. The summed E-state index contributed by atoms with van der Waals surface area (Å²) < 4.78 is 5.34. The predicted octanol–water partition coefficient (Wildman–Crippen LogP) is 0.975. The summed E-state index contributed by atoms with van der Waals surface area (Å²) in [5.74, 6) is -1.59. The number of hydrogen-bond donors (Lipinski definition) is 2. The molecule has 0 aromatic heterocycles. The van der Waals surface area contributed by atoms with Crippen LogP contribution in [0, 0.1) is 5.92 Å². The molecule has 0 aromatic carbocycles.